The molecule has 2 fully saturated rings. The van der Waals surface area contributed by atoms with Crippen LogP contribution in [0, 0.1) is 0 Å². The molecule has 42 heteroatoms. The second kappa shape index (κ2) is 31.5. The predicted octanol–water partition coefficient (Wildman–Crippen LogP) is 1.20. The number of benzene rings is 1. The van der Waals surface area contributed by atoms with Crippen molar-refractivity contribution in [3.05, 3.63) is 112 Å². The molecule has 0 unspecified atom stereocenters. The standard InChI is InChI=1S/C67H72N14O23S5/c1-23(53(87)78-45-49(86)48(85)38(14-82)103-64(45)93)68-54(88)32-20-108-62(73-32)44-37(84)12-28-43(75-44)31-18-106-60(70-31)30-17-101-65(94)47-29-16-99-50(51(104-39-13-67(5,96)52(80(6)7)26(4)102-39)66(95)100-15-27-10-9-11-36(40(27)29)81(47)97)46(63-74-33(21-109-63)55(89)69-30)79-57(91)35-22-107-61(72-35)42(25(3)98-8)77-58(92)41(24(2)83)76-56(90)34-19-105-59(28)71-34/h9-12,18-24,26,30,38-39,41,45-46,48-52,64,82-86,93,96-97H,13-17H2,1-8H3,(H,68,88)(H,69,89)(H,76,90)(H,77,92)(H,78,87)(H,79,91)/b42-25+/t23-,24+,26-,30-,38+,39-,41-,45+,46-,48+,49+,50-,51-,52+,64+,67-/m0/s1. The average molecular weight is 1600 g/mol. The molecule has 7 aromatic heterocycles. The fourth-order valence-electron chi connectivity index (χ4n) is 13.3. The number of rotatable bonds is 11. The van der Waals surface area contributed by atoms with E-state index in [0.717, 1.165) is 56.7 Å². The number of aliphatic hydroxyl groups is 6. The van der Waals surface area contributed by atoms with Gasteiger partial charge in [-0.25, -0.2) is 39.5 Å². The molecule has 12 bridgehead atoms. The van der Waals surface area contributed by atoms with E-state index in [2.05, 4.69) is 46.9 Å². The number of allylic oxidation sites excluding steroid dienone is 1. The van der Waals surface area contributed by atoms with E-state index in [1.807, 2.05) is 0 Å². The summed E-state index contributed by atoms with van der Waals surface area (Å²) in [5.41, 5.74) is -3.36. The Morgan fingerprint density at radius 2 is 1.49 bits per heavy atom. The van der Waals surface area contributed by atoms with E-state index in [4.69, 9.17) is 48.1 Å². The first-order chi connectivity index (χ1) is 51.9. The number of esters is 2. The lowest BCUT2D eigenvalue weighted by Gasteiger charge is -2.48. The molecule has 16 atom stereocenters. The van der Waals surface area contributed by atoms with Crippen LogP contribution in [0.15, 0.2) is 56.9 Å². The average Bonchev–Trinajstić information content (AvgIpc) is 1.67. The van der Waals surface area contributed by atoms with Gasteiger partial charge in [-0.3, -0.25) is 28.8 Å². The monoisotopic (exact) mass is 1600 g/mol. The van der Waals surface area contributed by atoms with Crippen LogP contribution in [0.25, 0.3) is 49.3 Å². The number of hydrogen-bond donors (Lipinski definition) is 14. The molecule has 0 radical (unpaired) electrons. The van der Waals surface area contributed by atoms with Gasteiger partial charge < -0.3 is 111 Å². The maximum absolute atomic E-state index is 15.2. The number of aromatic nitrogens is 7. The van der Waals surface area contributed by atoms with Crippen LogP contribution in [0.5, 0.6) is 5.75 Å². The maximum atomic E-state index is 15.2. The number of ether oxygens (including phenoxy) is 7. The number of hydrogen-bond acceptors (Lipinski definition) is 35. The summed E-state index contributed by atoms with van der Waals surface area (Å²) in [6.45, 7) is 4.62. The van der Waals surface area contributed by atoms with E-state index in [-0.39, 0.29) is 110 Å². The van der Waals surface area contributed by atoms with Gasteiger partial charge in [0.25, 0.3) is 23.6 Å². The maximum Gasteiger partial charge on any atom is 0.358 e. The SMILES string of the molecule is CO/C(C)=C1/NC(=O)[C@H]([C@@H](C)O)NC(=O)c2csc(n2)-c2cc(O)c(-c3nc(C(=O)N[C@@H](C)C(=O)N[C@@H]4[C@@H](O)[C@H](O)[C@@H](CO)O[C@H]4O)cs3)nc2-c2csc(n2)[C@@H]2COC(=O)c3c4c5c(cccc5n3O)COC(=O)[C@@H](O[C@H]3C[C@](C)(O)[C@H](N(C)C)[C@H](C)O3)[C@@H](OC4)[C@H](NC(=O)c3csc1n3)c1nc(cs1)C(=O)N2. The molecule has 109 heavy (non-hydrogen) atoms. The summed E-state index contributed by atoms with van der Waals surface area (Å²) >= 11 is 4.31. The van der Waals surface area contributed by atoms with Crippen molar-refractivity contribution in [3.63, 3.8) is 0 Å². The van der Waals surface area contributed by atoms with Crippen molar-refractivity contribution in [2.24, 2.45) is 0 Å². The van der Waals surface area contributed by atoms with E-state index in [9.17, 15) is 60.1 Å². The molecule has 12 heterocycles. The molecule has 14 N–H and O–H groups in total. The number of methoxy groups -OCH3 is 1. The highest BCUT2D eigenvalue weighted by Gasteiger charge is 2.51. The number of amides is 6. The minimum atomic E-state index is -1.94. The van der Waals surface area contributed by atoms with E-state index in [1.54, 1.807) is 45.0 Å². The summed E-state index contributed by atoms with van der Waals surface area (Å²) < 4.78 is 43.4. The molecule has 2 saturated heterocycles. The van der Waals surface area contributed by atoms with Gasteiger partial charge in [-0.1, -0.05) is 12.1 Å². The van der Waals surface area contributed by atoms with Crippen molar-refractivity contribution in [2.45, 2.75) is 151 Å². The first-order valence-electron chi connectivity index (χ1n) is 33.5. The van der Waals surface area contributed by atoms with Gasteiger partial charge in [-0.2, -0.15) is 4.73 Å². The molecule has 0 spiro atoms. The quantitative estimate of drug-likeness (QED) is 0.0491. The van der Waals surface area contributed by atoms with Gasteiger partial charge >= 0.3 is 11.9 Å². The summed E-state index contributed by atoms with van der Waals surface area (Å²) in [5.74, 6) is -8.50. The zero-order valence-electron chi connectivity index (χ0n) is 58.7. The normalized spacial score (nSPS) is 27.4. The third-order valence-electron chi connectivity index (χ3n) is 18.7. The second-order valence-corrected chi connectivity index (χ2v) is 30.8. The molecule has 1 aromatic carbocycles. The third kappa shape index (κ3) is 15.5. The third-order valence-corrected chi connectivity index (χ3v) is 23.2. The predicted molar refractivity (Wildman–Crippen MR) is 383 cm³/mol. The Balaban J connectivity index is 0.933. The summed E-state index contributed by atoms with van der Waals surface area (Å²) in [7, 11) is 4.81. The van der Waals surface area contributed by atoms with E-state index in [1.165, 1.54) is 66.9 Å². The topological polar surface area (TPSA) is 521 Å². The number of likely N-dealkylation sites (N-methyl/N-ethyl adjacent to an activating group) is 1. The van der Waals surface area contributed by atoms with Crippen LogP contribution in [-0.4, -0.2) is 247 Å². The van der Waals surface area contributed by atoms with Gasteiger partial charge in [-0.05, 0) is 66.4 Å². The van der Waals surface area contributed by atoms with Crippen LogP contribution in [0.4, 0.5) is 0 Å². The summed E-state index contributed by atoms with van der Waals surface area (Å²) in [4.78, 5) is 147. The van der Waals surface area contributed by atoms with Crippen LogP contribution in [-0.2, 0) is 60.8 Å². The zero-order chi connectivity index (χ0) is 77.9. The smallest absolute Gasteiger partial charge is 0.358 e. The molecule has 5 aliphatic heterocycles. The van der Waals surface area contributed by atoms with Gasteiger partial charge in [0.1, 0.15) is 150 Å². The van der Waals surface area contributed by atoms with Gasteiger partial charge in [0.05, 0.1) is 49.7 Å². The molecule has 8 aromatic rings. The van der Waals surface area contributed by atoms with E-state index < -0.39 is 182 Å². The fourth-order valence-corrected chi connectivity index (χ4v) is 17.5. The van der Waals surface area contributed by atoms with Gasteiger partial charge in [-0.15, -0.1) is 56.7 Å². The highest BCUT2D eigenvalue weighted by atomic mass is 32.1. The Morgan fingerprint density at radius 3 is 2.20 bits per heavy atom. The number of nitrogens with one attached hydrogen (secondary N) is 6. The van der Waals surface area contributed by atoms with Crippen LogP contribution in [0.3, 0.4) is 0 Å². The number of carbonyl (C=O) groups is 8. The van der Waals surface area contributed by atoms with Gasteiger partial charge in [0.2, 0.25) is 11.8 Å². The number of aliphatic hydroxyl groups excluding tert-OH is 5. The molecule has 5 aliphatic rings. The van der Waals surface area contributed by atoms with Crippen LogP contribution in [0.1, 0.15) is 132 Å². The number of thiazole rings is 5. The van der Waals surface area contributed by atoms with E-state index >= 15 is 19.2 Å². The second-order valence-electron chi connectivity index (χ2n) is 26.5. The molecular weight excluding hydrogens is 1530 g/mol. The van der Waals surface area contributed by atoms with Gasteiger partial charge in [0.15, 0.2) is 24.4 Å². The van der Waals surface area contributed by atoms with Crippen molar-refractivity contribution in [1.82, 2.24) is 71.4 Å². The molecule has 6 amide bonds. The molecule has 13 rings (SSSR count). The largest absolute Gasteiger partial charge is 0.506 e. The number of fused-ring (bicyclic) bond motifs is 15. The Labute approximate surface area is 636 Å². The van der Waals surface area contributed by atoms with Crippen molar-refractivity contribution in [1.29, 1.82) is 0 Å². The lowest BCUT2D eigenvalue weighted by molar-refractivity contribution is -0.280. The highest BCUT2D eigenvalue weighted by molar-refractivity contribution is 7.14. The number of aromatic hydroxyl groups is 1. The Bertz CT molecular complexity index is 4910. The molecule has 37 nitrogen and oxygen atoms in total. The van der Waals surface area contributed by atoms with E-state index in [0.29, 0.717) is 4.73 Å². The molecular formula is C67H72N14O23S5. The van der Waals surface area contributed by atoms with Crippen LogP contribution in [0.2, 0.25) is 0 Å². The lowest BCUT2D eigenvalue weighted by atomic mass is 9.85. The zero-order valence-corrected chi connectivity index (χ0v) is 62.8. The Morgan fingerprint density at radius 1 is 0.817 bits per heavy atom. The van der Waals surface area contributed by atoms with Crippen molar-refractivity contribution in [2.75, 3.05) is 34.4 Å². The molecule has 0 aliphatic carbocycles. The molecule has 578 valence electrons. The highest BCUT2D eigenvalue weighted by Crippen LogP contribution is 2.43. The van der Waals surface area contributed by atoms with Crippen molar-refractivity contribution < 1.29 is 112 Å². The summed E-state index contributed by atoms with van der Waals surface area (Å²) in [6, 6.07) is -2.53. The Hall–Kier alpha value is -9.48. The van der Waals surface area contributed by atoms with Crippen molar-refractivity contribution >= 4 is 121 Å². The number of cyclic esters (lactones) is 2. The summed E-state index contributed by atoms with van der Waals surface area (Å²) in [6.07, 6.45) is -14.4. The number of nitrogens with zero attached hydrogens (tertiary/aromatic N) is 8. The van der Waals surface area contributed by atoms with Crippen LogP contribution >= 0.6 is 56.7 Å². The number of carbonyl (C=O) groups excluding carboxylic acids is 8. The first kappa shape index (κ1) is 77.7. The summed E-state index contributed by atoms with van der Waals surface area (Å²) in [5, 5.41) is 111. The minimum absolute atomic E-state index is 0.00727. The van der Waals surface area contributed by atoms with Gasteiger partial charge in [0, 0.05) is 49.8 Å². The first-order valence-corrected chi connectivity index (χ1v) is 37.9. The lowest BCUT2D eigenvalue weighted by Crippen LogP contribution is -2.65. The fraction of sp³-hybridized carbons (Fsp3) is 0.433. The van der Waals surface area contributed by atoms with Crippen molar-refractivity contribution in [3.8, 4) is 38.4 Å². The minimum Gasteiger partial charge on any atom is -0.506 e. The Kier molecular flexibility index (Phi) is 22.4. The number of pyridine rings is 1. The molecule has 0 saturated carbocycles. The van der Waals surface area contributed by atoms with Crippen LogP contribution < -0.4 is 31.9 Å².